The number of amides is 1. The highest BCUT2D eigenvalue weighted by molar-refractivity contribution is 6.42. The lowest BCUT2D eigenvalue weighted by atomic mass is 9.86. The van der Waals surface area contributed by atoms with E-state index in [-0.39, 0.29) is 29.5 Å². The third-order valence-corrected chi connectivity index (χ3v) is 6.66. The third-order valence-electron chi connectivity index (χ3n) is 5.92. The van der Waals surface area contributed by atoms with Gasteiger partial charge < -0.3 is 9.64 Å². The predicted octanol–water partition coefficient (Wildman–Crippen LogP) is 4.85. The largest absolute Gasteiger partial charge is 0.474 e. The Morgan fingerprint density at radius 2 is 1.88 bits per heavy atom. The Balaban J connectivity index is 1.60. The molecule has 3 aromatic rings. The van der Waals surface area contributed by atoms with Crippen molar-refractivity contribution in [2.24, 2.45) is 5.92 Å². The monoisotopic (exact) mass is 491 g/mol. The summed E-state index contributed by atoms with van der Waals surface area (Å²) >= 11 is 12.4. The molecule has 34 heavy (non-hydrogen) atoms. The molecule has 1 amide bonds. The van der Waals surface area contributed by atoms with E-state index in [1.165, 1.54) is 18.5 Å². The van der Waals surface area contributed by atoms with Crippen LogP contribution in [0, 0.1) is 28.6 Å². The van der Waals surface area contributed by atoms with Gasteiger partial charge in [0.2, 0.25) is 5.88 Å². The zero-order valence-corrected chi connectivity index (χ0v) is 19.7. The van der Waals surface area contributed by atoms with Crippen molar-refractivity contribution >= 4 is 29.1 Å². The molecule has 4 rings (SSSR count). The quantitative estimate of drug-likeness (QED) is 0.505. The van der Waals surface area contributed by atoms with Gasteiger partial charge in [0, 0.05) is 43.4 Å². The summed E-state index contributed by atoms with van der Waals surface area (Å²) in [6.45, 7) is 2.84. The van der Waals surface area contributed by atoms with E-state index in [0.29, 0.717) is 40.1 Å². The molecule has 3 heterocycles. The van der Waals surface area contributed by atoms with Gasteiger partial charge in [-0.05, 0) is 42.8 Å². The molecule has 1 aromatic carbocycles. The Labute approximate surface area is 207 Å². The molecule has 1 fully saturated rings. The lowest BCUT2D eigenvalue weighted by Crippen LogP contribution is -2.32. The van der Waals surface area contributed by atoms with Crippen LogP contribution in [0.2, 0.25) is 10.0 Å². The normalized spacial score (nSPS) is 18.1. The average molecular weight is 492 g/mol. The molecule has 1 unspecified atom stereocenters. The van der Waals surface area contributed by atoms with Crippen molar-refractivity contribution in [3.63, 3.8) is 0 Å². The van der Waals surface area contributed by atoms with Gasteiger partial charge in [0.1, 0.15) is 23.9 Å². The Morgan fingerprint density at radius 1 is 1.06 bits per heavy atom. The van der Waals surface area contributed by atoms with E-state index in [2.05, 4.69) is 9.97 Å². The molecule has 0 radical (unpaired) electrons. The van der Waals surface area contributed by atoms with Crippen molar-refractivity contribution in [1.29, 1.82) is 10.5 Å². The molecular weight excluding hydrogens is 473 g/mol. The Hall–Kier alpha value is -3.65. The van der Waals surface area contributed by atoms with E-state index in [9.17, 15) is 4.79 Å². The Morgan fingerprint density at radius 3 is 2.50 bits per heavy atom. The van der Waals surface area contributed by atoms with Gasteiger partial charge in [-0.15, -0.1) is 0 Å². The fourth-order valence-electron chi connectivity index (χ4n) is 4.13. The van der Waals surface area contributed by atoms with Crippen molar-refractivity contribution in [2.75, 3.05) is 13.1 Å². The first kappa shape index (κ1) is 23.5. The maximum atomic E-state index is 13.2. The Bertz CT molecular complexity index is 1280. The highest BCUT2D eigenvalue weighted by Gasteiger charge is 2.40. The molecule has 3 atom stereocenters. The maximum absolute atomic E-state index is 13.2. The van der Waals surface area contributed by atoms with Gasteiger partial charge in [-0.2, -0.15) is 10.5 Å². The fourth-order valence-corrected chi connectivity index (χ4v) is 4.44. The second-order valence-electron chi connectivity index (χ2n) is 8.02. The van der Waals surface area contributed by atoms with Crippen molar-refractivity contribution in [3.05, 3.63) is 87.3 Å². The molecule has 0 spiro atoms. The molecule has 0 aliphatic carbocycles. The van der Waals surface area contributed by atoms with Crippen LogP contribution in [0.25, 0.3) is 0 Å². The van der Waals surface area contributed by atoms with Gasteiger partial charge in [0.15, 0.2) is 0 Å². The number of likely N-dealkylation sites (tertiary alicyclic amines) is 1. The molecular formula is C25H19Cl2N5O2. The summed E-state index contributed by atoms with van der Waals surface area (Å²) in [6, 6.07) is 15.9. The molecule has 0 saturated carbocycles. The standard InChI is InChI=1S/C25H19Cl2N5O2/c1-15(34-24-7-2-16(9-28)11-31-24)20-13-32(25(33)18-3-5-19(10-29)30-12-18)14-21(20)17-4-6-22(26)23(27)8-17/h2-8,11-12,15,20-21H,13-14H2,1H3/t15-,20?,21+/m0/s1. The second-order valence-corrected chi connectivity index (χ2v) is 8.83. The van der Waals surface area contributed by atoms with Crippen molar-refractivity contribution in [3.8, 4) is 18.0 Å². The number of aromatic nitrogens is 2. The van der Waals surface area contributed by atoms with Crippen molar-refractivity contribution in [2.45, 2.75) is 18.9 Å². The van der Waals surface area contributed by atoms with Crippen molar-refractivity contribution < 1.29 is 9.53 Å². The van der Waals surface area contributed by atoms with Crippen LogP contribution in [0.4, 0.5) is 0 Å². The van der Waals surface area contributed by atoms with Crippen LogP contribution in [-0.2, 0) is 0 Å². The molecule has 1 saturated heterocycles. The van der Waals surface area contributed by atoms with E-state index < -0.39 is 0 Å². The highest BCUT2D eigenvalue weighted by Crippen LogP contribution is 2.38. The number of halogens is 2. The number of hydrogen-bond donors (Lipinski definition) is 0. The van der Waals surface area contributed by atoms with E-state index in [1.807, 2.05) is 31.2 Å². The lowest BCUT2D eigenvalue weighted by molar-refractivity contribution is 0.0769. The molecule has 0 bridgehead atoms. The zero-order valence-electron chi connectivity index (χ0n) is 18.2. The van der Waals surface area contributed by atoms with Gasteiger partial charge in [-0.3, -0.25) is 4.79 Å². The van der Waals surface area contributed by atoms with E-state index in [0.717, 1.165) is 5.56 Å². The van der Waals surface area contributed by atoms with Crippen LogP contribution >= 0.6 is 23.2 Å². The molecule has 1 aliphatic rings. The number of pyridine rings is 2. The summed E-state index contributed by atoms with van der Waals surface area (Å²) < 4.78 is 6.10. The van der Waals surface area contributed by atoms with E-state index in [1.54, 1.807) is 29.2 Å². The minimum Gasteiger partial charge on any atom is -0.474 e. The summed E-state index contributed by atoms with van der Waals surface area (Å²) in [7, 11) is 0. The number of hydrogen-bond acceptors (Lipinski definition) is 6. The van der Waals surface area contributed by atoms with Crippen LogP contribution in [0.3, 0.4) is 0 Å². The topological polar surface area (TPSA) is 103 Å². The van der Waals surface area contributed by atoms with Crippen LogP contribution in [-0.4, -0.2) is 40.0 Å². The van der Waals surface area contributed by atoms with Gasteiger partial charge in [0.25, 0.3) is 5.91 Å². The number of rotatable bonds is 5. The summed E-state index contributed by atoms with van der Waals surface area (Å²) in [5.41, 5.74) is 2.06. The number of ether oxygens (including phenoxy) is 1. The zero-order chi connectivity index (χ0) is 24.2. The van der Waals surface area contributed by atoms with Gasteiger partial charge in [0.05, 0.1) is 21.2 Å². The molecule has 2 aromatic heterocycles. The smallest absolute Gasteiger partial charge is 0.255 e. The van der Waals surface area contributed by atoms with Crippen LogP contribution in [0.5, 0.6) is 5.88 Å². The van der Waals surface area contributed by atoms with Gasteiger partial charge in [-0.25, -0.2) is 9.97 Å². The summed E-state index contributed by atoms with van der Waals surface area (Å²) in [5, 5.41) is 18.9. The van der Waals surface area contributed by atoms with Crippen LogP contribution in [0.1, 0.15) is 40.0 Å². The van der Waals surface area contributed by atoms with Gasteiger partial charge in [-0.1, -0.05) is 29.3 Å². The second kappa shape index (κ2) is 10.1. The fraction of sp³-hybridized carbons (Fsp3) is 0.240. The Kier molecular flexibility index (Phi) is 6.98. The van der Waals surface area contributed by atoms with E-state index in [4.69, 9.17) is 38.5 Å². The molecule has 0 N–H and O–H groups in total. The average Bonchev–Trinajstić information content (AvgIpc) is 3.31. The first-order chi connectivity index (χ1) is 16.4. The summed E-state index contributed by atoms with van der Waals surface area (Å²) in [5.74, 6) is 0.108. The maximum Gasteiger partial charge on any atom is 0.255 e. The highest BCUT2D eigenvalue weighted by atomic mass is 35.5. The molecule has 9 heteroatoms. The molecule has 7 nitrogen and oxygen atoms in total. The molecule has 170 valence electrons. The van der Waals surface area contributed by atoms with E-state index >= 15 is 0 Å². The van der Waals surface area contributed by atoms with Gasteiger partial charge >= 0.3 is 0 Å². The van der Waals surface area contributed by atoms with Crippen LogP contribution in [0.15, 0.2) is 54.9 Å². The van der Waals surface area contributed by atoms with Crippen molar-refractivity contribution in [1.82, 2.24) is 14.9 Å². The number of nitrogens with zero attached hydrogens (tertiary/aromatic N) is 5. The van der Waals surface area contributed by atoms with Crippen LogP contribution < -0.4 is 4.74 Å². The number of nitriles is 2. The number of carbonyl (C=O) groups excluding carboxylic acids is 1. The summed E-state index contributed by atoms with van der Waals surface area (Å²) in [4.78, 5) is 23.2. The SMILES string of the molecule is C[C@H](Oc1ccc(C#N)cn1)C1CN(C(=O)c2ccc(C#N)nc2)C[C@@H]1c1ccc(Cl)c(Cl)c1. The summed E-state index contributed by atoms with van der Waals surface area (Å²) in [6.07, 6.45) is 2.58. The first-order valence-corrected chi connectivity index (χ1v) is 11.3. The number of carbonyl (C=O) groups is 1. The third kappa shape index (κ3) is 4.97. The number of benzene rings is 1. The predicted molar refractivity (Wildman–Crippen MR) is 127 cm³/mol. The minimum absolute atomic E-state index is 0.0570. The molecule has 1 aliphatic heterocycles. The lowest BCUT2D eigenvalue weighted by Gasteiger charge is -2.25. The minimum atomic E-state index is -0.295. The first-order valence-electron chi connectivity index (χ1n) is 10.5.